The first-order valence-corrected chi connectivity index (χ1v) is 4.22. The number of hydrogen-bond acceptors (Lipinski definition) is 4. The molecule has 1 N–H and O–H groups in total. The number of pyridine rings is 1. The molecule has 0 atom stereocenters. The maximum absolute atomic E-state index is 11.3. The van der Waals surface area contributed by atoms with Gasteiger partial charge in [-0.1, -0.05) is 0 Å². The maximum atomic E-state index is 11.3. The molecule has 0 fully saturated rings. The van der Waals surface area contributed by atoms with Crippen LogP contribution in [0.1, 0.15) is 5.56 Å². The van der Waals surface area contributed by atoms with Crippen LogP contribution in [0.3, 0.4) is 0 Å². The number of amides is 2. The third kappa shape index (κ3) is 1.39. The summed E-state index contributed by atoms with van der Waals surface area (Å²) < 4.78 is 4.88. The summed E-state index contributed by atoms with van der Waals surface area (Å²) in [5.41, 5.74) is 0.933. The summed E-state index contributed by atoms with van der Waals surface area (Å²) in [5.74, 6) is -0.0960. The van der Waals surface area contributed by atoms with Crippen molar-refractivity contribution in [1.82, 2.24) is 4.98 Å². The molecule has 0 saturated carbocycles. The molecule has 0 bridgehead atoms. The third-order valence-corrected chi connectivity index (χ3v) is 2.17. The fourth-order valence-electron chi connectivity index (χ4n) is 1.51. The van der Waals surface area contributed by atoms with Crippen molar-refractivity contribution >= 4 is 17.7 Å². The van der Waals surface area contributed by atoms with Gasteiger partial charge < -0.3 is 9.84 Å². The molecule has 78 valence electrons. The highest BCUT2D eigenvalue weighted by molar-refractivity contribution is 6.16. The van der Waals surface area contributed by atoms with Gasteiger partial charge in [-0.3, -0.25) is 4.79 Å². The molecule has 2 heterocycles. The van der Waals surface area contributed by atoms with E-state index >= 15 is 0 Å². The minimum absolute atomic E-state index is 0.0700. The quantitative estimate of drug-likeness (QED) is 0.733. The number of carboxylic acid groups (broad SMARTS) is 1. The first-order chi connectivity index (χ1) is 7.13. The first kappa shape index (κ1) is 9.45. The minimum Gasteiger partial charge on any atom is -0.481 e. The molecule has 2 rings (SSSR count). The minimum atomic E-state index is -1.29. The molecule has 1 aliphatic rings. The molecule has 0 spiro atoms. The predicted octanol–water partition coefficient (Wildman–Crippen LogP) is 0.657. The Bertz CT molecular complexity index is 444. The van der Waals surface area contributed by atoms with E-state index in [1.54, 1.807) is 6.07 Å². The van der Waals surface area contributed by atoms with Crippen LogP contribution in [0.2, 0.25) is 0 Å². The van der Waals surface area contributed by atoms with Gasteiger partial charge in [-0.15, -0.1) is 0 Å². The van der Waals surface area contributed by atoms with Crippen molar-refractivity contribution in [2.24, 2.45) is 0 Å². The highest BCUT2D eigenvalue weighted by Gasteiger charge is 2.32. The maximum Gasteiger partial charge on any atom is 0.418 e. The Morgan fingerprint density at radius 2 is 2.40 bits per heavy atom. The summed E-state index contributed by atoms with van der Waals surface area (Å²) in [6, 6.07) is 1.57. The Morgan fingerprint density at radius 3 is 3.00 bits per heavy atom. The van der Waals surface area contributed by atoms with E-state index in [-0.39, 0.29) is 6.42 Å². The molecule has 2 amide bonds. The lowest BCUT2D eigenvalue weighted by atomic mass is 10.2. The number of hydrogen-bond donors (Lipinski definition) is 1. The van der Waals surface area contributed by atoms with Crippen LogP contribution in [0.25, 0.3) is 0 Å². The van der Waals surface area contributed by atoms with Crippen LogP contribution in [0, 0.1) is 0 Å². The standard InChI is InChI=1S/C9H8N2O4/c1-15-7-2-5-3-8(12)11(9(13)14)6(5)4-10-7/h2,4H,3H2,1H3,(H,13,14). The Morgan fingerprint density at radius 1 is 1.67 bits per heavy atom. The summed E-state index contributed by atoms with van der Waals surface area (Å²) in [4.78, 5) is 26.7. The molecule has 6 nitrogen and oxygen atoms in total. The predicted molar refractivity (Wildman–Crippen MR) is 50.0 cm³/mol. The van der Waals surface area contributed by atoms with Gasteiger partial charge in [0.15, 0.2) is 0 Å². The monoisotopic (exact) mass is 208 g/mol. The molecular formula is C9H8N2O4. The van der Waals surface area contributed by atoms with Gasteiger partial charge in [0.1, 0.15) is 0 Å². The summed E-state index contributed by atoms with van der Waals surface area (Å²) in [5, 5.41) is 8.80. The van der Waals surface area contributed by atoms with Crippen LogP contribution < -0.4 is 9.64 Å². The van der Waals surface area contributed by atoms with Crippen molar-refractivity contribution in [1.29, 1.82) is 0 Å². The zero-order valence-electron chi connectivity index (χ0n) is 7.93. The Labute approximate surface area is 85.1 Å². The first-order valence-electron chi connectivity index (χ1n) is 4.22. The van der Waals surface area contributed by atoms with Gasteiger partial charge in [-0.25, -0.2) is 14.7 Å². The van der Waals surface area contributed by atoms with Crippen LogP contribution in [0.4, 0.5) is 10.5 Å². The molecular weight excluding hydrogens is 200 g/mol. The van der Waals surface area contributed by atoms with Crippen molar-refractivity contribution < 1.29 is 19.4 Å². The number of imide groups is 1. The van der Waals surface area contributed by atoms with Crippen LogP contribution >= 0.6 is 0 Å². The van der Waals surface area contributed by atoms with E-state index in [9.17, 15) is 9.59 Å². The Balaban J connectivity index is 2.47. The molecule has 0 aromatic carbocycles. The SMILES string of the molecule is COc1cc2c(cn1)N(C(=O)O)C(=O)C2. The van der Waals surface area contributed by atoms with Gasteiger partial charge in [0.2, 0.25) is 11.8 Å². The fraction of sp³-hybridized carbons (Fsp3) is 0.222. The number of rotatable bonds is 1. The van der Waals surface area contributed by atoms with Gasteiger partial charge in [-0.05, 0) is 5.56 Å². The van der Waals surface area contributed by atoms with Crippen molar-refractivity contribution in [3.05, 3.63) is 17.8 Å². The van der Waals surface area contributed by atoms with E-state index in [4.69, 9.17) is 9.84 Å². The molecule has 1 aromatic rings. The topological polar surface area (TPSA) is 79.7 Å². The Hall–Kier alpha value is -2.11. The summed E-state index contributed by atoms with van der Waals surface area (Å²) in [6.45, 7) is 0. The summed E-state index contributed by atoms with van der Waals surface area (Å²) in [6.07, 6.45) is 0.110. The number of anilines is 1. The highest BCUT2D eigenvalue weighted by Crippen LogP contribution is 2.30. The lowest BCUT2D eigenvalue weighted by Crippen LogP contribution is -2.32. The molecule has 15 heavy (non-hydrogen) atoms. The normalized spacial score (nSPS) is 13.9. The Kier molecular flexibility index (Phi) is 2.03. The summed E-state index contributed by atoms with van der Waals surface area (Å²) in [7, 11) is 1.46. The summed E-state index contributed by atoms with van der Waals surface area (Å²) >= 11 is 0. The van der Waals surface area contributed by atoms with E-state index in [1.807, 2.05) is 0 Å². The molecule has 0 unspecified atom stereocenters. The lowest BCUT2D eigenvalue weighted by molar-refractivity contribution is -0.116. The number of carbonyl (C=O) groups excluding carboxylic acids is 1. The van der Waals surface area contributed by atoms with Gasteiger partial charge in [-0.2, -0.15) is 0 Å². The van der Waals surface area contributed by atoms with Gasteiger partial charge in [0.05, 0.1) is 25.4 Å². The second kappa shape index (κ2) is 3.23. The number of carbonyl (C=O) groups is 2. The van der Waals surface area contributed by atoms with Gasteiger partial charge in [0.25, 0.3) is 0 Å². The van der Waals surface area contributed by atoms with Crippen molar-refractivity contribution in [3.63, 3.8) is 0 Å². The molecule has 1 aromatic heterocycles. The number of ether oxygens (including phenoxy) is 1. The average molecular weight is 208 g/mol. The zero-order chi connectivity index (χ0) is 11.0. The van der Waals surface area contributed by atoms with E-state index in [0.29, 0.717) is 22.0 Å². The number of nitrogens with zero attached hydrogens (tertiary/aromatic N) is 2. The highest BCUT2D eigenvalue weighted by atomic mass is 16.5. The van der Waals surface area contributed by atoms with Crippen molar-refractivity contribution in [2.45, 2.75) is 6.42 Å². The number of fused-ring (bicyclic) bond motifs is 1. The molecule has 1 aliphatic heterocycles. The van der Waals surface area contributed by atoms with Gasteiger partial charge >= 0.3 is 6.09 Å². The fourth-order valence-corrected chi connectivity index (χ4v) is 1.51. The second-order valence-corrected chi connectivity index (χ2v) is 3.04. The van der Waals surface area contributed by atoms with E-state index in [2.05, 4.69) is 4.98 Å². The van der Waals surface area contributed by atoms with E-state index in [1.165, 1.54) is 13.3 Å². The van der Waals surface area contributed by atoms with Crippen molar-refractivity contribution in [2.75, 3.05) is 12.0 Å². The lowest BCUT2D eigenvalue weighted by Gasteiger charge is -2.09. The number of aromatic nitrogens is 1. The molecule has 0 radical (unpaired) electrons. The third-order valence-electron chi connectivity index (χ3n) is 2.17. The average Bonchev–Trinajstić information content (AvgIpc) is 2.52. The van der Waals surface area contributed by atoms with E-state index in [0.717, 1.165) is 0 Å². The smallest absolute Gasteiger partial charge is 0.418 e. The second-order valence-electron chi connectivity index (χ2n) is 3.04. The largest absolute Gasteiger partial charge is 0.481 e. The number of methoxy groups -OCH3 is 1. The van der Waals surface area contributed by atoms with E-state index < -0.39 is 12.0 Å². The van der Waals surface area contributed by atoms with Crippen LogP contribution in [0.5, 0.6) is 5.88 Å². The van der Waals surface area contributed by atoms with Crippen molar-refractivity contribution in [3.8, 4) is 5.88 Å². The van der Waals surface area contributed by atoms with Crippen LogP contribution in [-0.4, -0.2) is 29.2 Å². The van der Waals surface area contributed by atoms with Crippen LogP contribution in [-0.2, 0) is 11.2 Å². The molecule has 6 heteroatoms. The molecule has 0 saturated heterocycles. The van der Waals surface area contributed by atoms with Crippen LogP contribution in [0.15, 0.2) is 12.3 Å². The zero-order valence-corrected chi connectivity index (χ0v) is 7.93. The van der Waals surface area contributed by atoms with Gasteiger partial charge in [0, 0.05) is 6.07 Å². The molecule has 0 aliphatic carbocycles.